The molecule has 3 atom stereocenters. The molecule has 0 bridgehead atoms. The van der Waals surface area contributed by atoms with Crippen LogP contribution in [0.1, 0.15) is 69.0 Å². The summed E-state index contributed by atoms with van der Waals surface area (Å²) in [5.74, 6) is 1.57. The summed E-state index contributed by atoms with van der Waals surface area (Å²) in [7, 11) is 1.78. The molecule has 2 nitrogen and oxygen atoms in total. The van der Waals surface area contributed by atoms with Gasteiger partial charge in [-0.15, -0.1) is 17.9 Å². The fourth-order valence-corrected chi connectivity index (χ4v) is 3.96. The van der Waals surface area contributed by atoms with E-state index in [1.54, 1.807) is 7.11 Å². The Hall–Kier alpha value is -1.45. The summed E-state index contributed by atoms with van der Waals surface area (Å²) in [5, 5.41) is 3.50. The van der Waals surface area contributed by atoms with E-state index in [0.717, 1.165) is 49.6 Å². The molecule has 142 valence electrons. The van der Waals surface area contributed by atoms with Crippen LogP contribution in [0, 0.1) is 5.92 Å². The molecular weight excluding hydrogens is 338 g/mol. The maximum absolute atomic E-state index is 5.44. The quantitative estimate of drug-likeness (QED) is 0.226. The highest BCUT2D eigenvalue weighted by Crippen LogP contribution is 2.47. The van der Waals surface area contributed by atoms with E-state index in [1.165, 1.54) is 17.0 Å². The topological polar surface area (TPSA) is 22.1 Å². The number of hydrogen-bond donors (Lipinski definition) is 0. The number of hydrogen-bond acceptors (Lipinski definition) is 3. The van der Waals surface area contributed by atoms with Crippen molar-refractivity contribution in [3.63, 3.8) is 0 Å². The normalized spacial score (nSPS) is 21.6. The molecule has 0 spiro atoms. The molecule has 2 unspecified atom stereocenters. The molecule has 0 aromatic carbocycles. The lowest BCUT2D eigenvalue weighted by Crippen LogP contribution is -2.08. The second kappa shape index (κ2) is 11.3. The van der Waals surface area contributed by atoms with Crippen LogP contribution in [0.4, 0.5) is 0 Å². The number of aromatic nitrogens is 1. The fourth-order valence-electron chi connectivity index (χ4n) is 2.93. The zero-order valence-corrected chi connectivity index (χ0v) is 17.3. The number of unbranched alkanes of at least 4 members (excludes halogenated alkanes) is 1. The van der Waals surface area contributed by atoms with Crippen LogP contribution in [-0.4, -0.2) is 18.2 Å². The van der Waals surface area contributed by atoms with E-state index >= 15 is 0 Å². The van der Waals surface area contributed by atoms with Crippen LogP contribution in [0.5, 0.6) is 0 Å². The number of ether oxygens (including phenoxy) is 1. The van der Waals surface area contributed by atoms with Crippen molar-refractivity contribution in [3.05, 3.63) is 58.6 Å². The highest BCUT2D eigenvalue weighted by molar-refractivity contribution is 7.09. The molecule has 2 rings (SSSR count). The van der Waals surface area contributed by atoms with Gasteiger partial charge in [-0.05, 0) is 57.4 Å². The Morgan fingerprint density at radius 3 is 2.88 bits per heavy atom. The summed E-state index contributed by atoms with van der Waals surface area (Å²) in [5.41, 5.74) is 2.52. The van der Waals surface area contributed by atoms with E-state index in [4.69, 9.17) is 9.72 Å². The molecule has 0 N–H and O–H groups in total. The first-order valence-electron chi connectivity index (χ1n) is 9.72. The van der Waals surface area contributed by atoms with E-state index in [1.807, 2.05) is 17.4 Å². The van der Waals surface area contributed by atoms with Crippen LogP contribution in [0.3, 0.4) is 0 Å². The van der Waals surface area contributed by atoms with Gasteiger partial charge in [-0.1, -0.05) is 42.9 Å². The SMILES string of the molecule is C=CC[C@@H](CC/C(C)=C/C=C\CC/C=C\c1csc(C2CC2C)n1)OC. The number of allylic oxidation sites excluding steroid dienone is 5. The third kappa shape index (κ3) is 7.43. The van der Waals surface area contributed by atoms with Crippen molar-refractivity contribution in [2.45, 2.75) is 64.4 Å². The monoisotopic (exact) mass is 371 g/mol. The van der Waals surface area contributed by atoms with Gasteiger partial charge in [0.05, 0.1) is 16.8 Å². The minimum Gasteiger partial charge on any atom is -0.381 e. The van der Waals surface area contributed by atoms with Gasteiger partial charge in [0.2, 0.25) is 0 Å². The van der Waals surface area contributed by atoms with E-state index in [0.29, 0.717) is 6.10 Å². The first-order chi connectivity index (χ1) is 12.6. The second-order valence-corrected chi connectivity index (χ2v) is 8.16. The van der Waals surface area contributed by atoms with E-state index in [-0.39, 0.29) is 0 Å². The van der Waals surface area contributed by atoms with E-state index in [2.05, 4.69) is 56.2 Å². The van der Waals surface area contributed by atoms with Crippen LogP contribution >= 0.6 is 11.3 Å². The minimum atomic E-state index is 0.291. The molecule has 3 heteroatoms. The van der Waals surface area contributed by atoms with Crippen LogP contribution in [0.25, 0.3) is 6.08 Å². The molecule has 1 aromatic rings. The zero-order valence-electron chi connectivity index (χ0n) is 16.5. The van der Waals surface area contributed by atoms with Gasteiger partial charge in [-0.3, -0.25) is 0 Å². The number of methoxy groups -OCH3 is 1. The van der Waals surface area contributed by atoms with Crippen LogP contribution in [0.2, 0.25) is 0 Å². The third-order valence-electron chi connectivity index (χ3n) is 4.90. The molecule has 0 saturated heterocycles. The van der Waals surface area contributed by atoms with Crippen LogP contribution in [-0.2, 0) is 4.74 Å². The summed E-state index contributed by atoms with van der Waals surface area (Å²) >= 11 is 1.81. The smallest absolute Gasteiger partial charge is 0.0966 e. The summed E-state index contributed by atoms with van der Waals surface area (Å²) in [6, 6.07) is 0. The van der Waals surface area contributed by atoms with Crippen LogP contribution in [0.15, 0.2) is 47.9 Å². The Morgan fingerprint density at radius 2 is 2.19 bits per heavy atom. The molecule has 1 aliphatic rings. The average molecular weight is 372 g/mol. The predicted molar refractivity (Wildman–Crippen MR) is 115 cm³/mol. The van der Waals surface area contributed by atoms with Gasteiger partial charge in [0.1, 0.15) is 0 Å². The van der Waals surface area contributed by atoms with Gasteiger partial charge in [0, 0.05) is 18.4 Å². The van der Waals surface area contributed by atoms with Gasteiger partial charge in [-0.25, -0.2) is 4.98 Å². The van der Waals surface area contributed by atoms with Crippen molar-refractivity contribution in [1.29, 1.82) is 0 Å². The lowest BCUT2D eigenvalue weighted by molar-refractivity contribution is 0.0981. The molecule has 1 aromatic heterocycles. The number of nitrogens with zero attached hydrogens (tertiary/aromatic N) is 1. The molecule has 1 heterocycles. The first kappa shape index (κ1) is 20.9. The van der Waals surface area contributed by atoms with Crippen molar-refractivity contribution in [3.8, 4) is 0 Å². The highest BCUT2D eigenvalue weighted by atomic mass is 32.1. The molecule has 26 heavy (non-hydrogen) atoms. The van der Waals surface area contributed by atoms with Gasteiger partial charge in [-0.2, -0.15) is 0 Å². The summed E-state index contributed by atoms with van der Waals surface area (Å²) in [6.45, 7) is 8.27. The van der Waals surface area contributed by atoms with Crippen molar-refractivity contribution in [1.82, 2.24) is 4.98 Å². The Morgan fingerprint density at radius 1 is 1.42 bits per heavy atom. The summed E-state index contributed by atoms with van der Waals surface area (Å²) in [4.78, 5) is 4.72. The van der Waals surface area contributed by atoms with E-state index < -0.39 is 0 Å². The largest absolute Gasteiger partial charge is 0.381 e. The van der Waals surface area contributed by atoms with Crippen molar-refractivity contribution < 1.29 is 4.74 Å². The van der Waals surface area contributed by atoms with Gasteiger partial charge in [0.25, 0.3) is 0 Å². The maximum atomic E-state index is 5.44. The standard InChI is InChI=1S/C23H33NOS/c1-5-11-21(25-4)15-14-18(2)12-9-7-6-8-10-13-20-17-26-23(24-20)22-16-19(22)3/h5,7,9-10,12-13,17,19,21-22H,1,6,8,11,14-16H2,2-4H3/b9-7-,13-10-,18-12+/t19?,21-,22?/m0/s1. The first-order valence-corrected chi connectivity index (χ1v) is 10.6. The molecule has 0 aliphatic heterocycles. The number of rotatable bonds is 12. The Kier molecular flexibility index (Phi) is 9.07. The van der Waals surface area contributed by atoms with Gasteiger partial charge < -0.3 is 4.74 Å². The predicted octanol–water partition coefficient (Wildman–Crippen LogP) is 6.93. The van der Waals surface area contributed by atoms with Gasteiger partial charge >= 0.3 is 0 Å². The molecule has 0 radical (unpaired) electrons. The zero-order chi connectivity index (χ0) is 18.8. The van der Waals surface area contributed by atoms with Crippen molar-refractivity contribution >= 4 is 17.4 Å². The second-order valence-electron chi connectivity index (χ2n) is 7.27. The maximum Gasteiger partial charge on any atom is 0.0966 e. The van der Waals surface area contributed by atoms with Gasteiger partial charge in [0.15, 0.2) is 0 Å². The average Bonchev–Trinajstić information content (AvgIpc) is 3.18. The third-order valence-corrected chi connectivity index (χ3v) is 5.89. The summed E-state index contributed by atoms with van der Waals surface area (Å²) in [6.07, 6.45) is 19.7. The lowest BCUT2D eigenvalue weighted by Gasteiger charge is -2.12. The minimum absolute atomic E-state index is 0.291. The van der Waals surface area contributed by atoms with Crippen molar-refractivity contribution in [2.24, 2.45) is 5.92 Å². The Balaban J connectivity index is 1.62. The van der Waals surface area contributed by atoms with Crippen LogP contribution < -0.4 is 0 Å². The molecule has 1 saturated carbocycles. The lowest BCUT2D eigenvalue weighted by atomic mass is 10.1. The molecule has 1 fully saturated rings. The molecule has 1 aliphatic carbocycles. The van der Waals surface area contributed by atoms with E-state index in [9.17, 15) is 0 Å². The number of thiazole rings is 1. The molecular formula is C23H33NOS. The Labute approximate surface area is 163 Å². The summed E-state index contributed by atoms with van der Waals surface area (Å²) < 4.78 is 5.44. The Bertz CT molecular complexity index is 640. The van der Waals surface area contributed by atoms with Crippen molar-refractivity contribution in [2.75, 3.05) is 7.11 Å². The fraction of sp³-hybridized carbons (Fsp3) is 0.522. The highest BCUT2D eigenvalue weighted by Gasteiger charge is 2.36. The molecule has 0 amide bonds.